The standard InChI is InChI=1S/C20H20N4O2/c1-3-6-14-9-11-15(12-10-14)13(2)21-24-20(26)18-16-7-4-5-8-17(16)19(25)23-22-18/h4-5,7-12H,3,6H2,1-2H3,(H,23,25)(H,24,26)/b21-13-. The second kappa shape index (κ2) is 7.74. The summed E-state index contributed by atoms with van der Waals surface area (Å²) in [5, 5.41) is 11.3. The van der Waals surface area contributed by atoms with Gasteiger partial charge in [0.2, 0.25) is 0 Å². The molecular formula is C20H20N4O2. The van der Waals surface area contributed by atoms with Crippen LogP contribution in [0.15, 0.2) is 58.4 Å². The van der Waals surface area contributed by atoms with E-state index in [4.69, 9.17) is 0 Å². The van der Waals surface area contributed by atoms with Crippen molar-refractivity contribution in [3.05, 3.63) is 75.7 Å². The number of hydrogen-bond donors (Lipinski definition) is 2. The molecule has 26 heavy (non-hydrogen) atoms. The van der Waals surface area contributed by atoms with Crippen molar-refractivity contribution in [2.75, 3.05) is 0 Å². The van der Waals surface area contributed by atoms with Gasteiger partial charge in [-0.1, -0.05) is 55.8 Å². The topological polar surface area (TPSA) is 87.2 Å². The molecule has 0 saturated heterocycles. The molecule has 1 amide bonds. The van der Waals surface area contributed by atoms with Gasteiger partial charge in [0.15, 0.2) is 5.69 Å². The highest BCUT2D eigenvalue weighted by molar-refractivity contribution is 6.06. The summed E-state index contributed by atoms with van der Waals surface area (Å²) >= 11 is 0. The smallest absolute Gasteiger partial charge is 0.267 e. The number of carbonyl (C=O) groups excluding carboxylic acids is 1. The van der Waals surface area contributed by atoms with E-state index >= 15 is 0 Å². The largest absolute Gasteiger partial charge is 0.292 e. The molecule has 6 nitrogen and oxygen atoms in total. The molecule has 2 aromatic carbocycles. The van der Waals surface area contributed by atoms with Crippen LogP contribution < -0.4 is 11.0 Å². The first-order valence-electron chi connectivity index (χ1n) is 8.51. The third-order valence-electron chi connectivity index (χ3n) is 4.15. The molecule has 0 atom stereocenters. The van der Waals surface area contributed by atoms with E-state index in [9.17, 15) is 9.59 Å². The number of fused-ring (bicyclic) bond motifs is 1. The Morgan fingerprint density at radius 2 is 1.81 bits per heavy atom. The lowest BCUT2D eigenvalue weighted by Gasteiger charge is -2.05. The molecule has 132 valence electrons. The molecule has 3 rings (SSSR count). The van der Waals surface area contributed by atoms with Crippen molar-refractivity contribution < 1.29 is 4.79 Å². The molecular weight excluding hydrogens is 328 g/mol. The van der Waals surface area contributed by atoms with E-state index in [1.165, 1.54) is 5.56 Å². The van der Waals surface area contributed by atoms with Crippen molar-refractivity contribution in [1.82, 2.24) is 15.6 Å². The fourth-order valence-corrected chi connectivity index (χ4v) is 2.74. The molecule has 0 fully saturated rings. The first-order valence-corrected chi connectivity index (χ1v) is 8.51. The number of H-pyrrole nitrogens is 1. The number of hydrazone groups is 1. The highest BCUT2D eigenvalue weighted by Crippen LogP contribution is 2.12. The zero-order valence-electron chi connectivity index (χ0n) is 14.7. The molecule has 0 radical (unpaired) electrons. The van der Waals surface area contributed by atoms with E-state index in [1.54, 1.807) is 24.3 Å². The number of amides is 1. The molecule has 0 spiro atoms. The van der Waals surface area contributed by atoms with Gasteiger partial charge in [-0.15, -0.1) is 0 Å². The predicted molar refractivity (Wildman–Crippen MR) is 102 cm³/mol. The van der Waals surface area contributed by atoms with Crippen LogP contribution in [0, 0.1) is 0 Å². The summed E-state index contributed by atoms with van der Waals surface area (Å²) in [5.41, 5.74) is 5.22. The fourth-order valence-electron chi connectivity index (χ4n) is 2.74. The number of aromatic amines is 1. The van der Waals surface area contributed by atoms with Crippen LogP contribution in [-0.2, 0) is 6.42 Å². The van der Waals surface area contributed by atoms with Gasteiger partial charge in [0.1, 0.15) is 0 Å². The maximum atomic E-state index is 12.4. The zero-order chi connectivity index (χ0) is 18.5. The summed E-state index contributed by atoms with van der Waals surface area (Å²) in [5.74, 6) is -0.473. The predicted octanol–water partition coefficient (Wildman–Crippen LogP) is 3.03. The minimum atomic E-state index is -0.473. The summed E-state index contributed by atoms with van der Waals surface area (Å²) < 4.78 is 0. The summed E-state index contributed by atoms with van der Waals surface area (Å²) in [6, 6.07) is 14.9. The highest BCUT2D eigenvalue weighted by atomic mass is 16.2. The van der Waals surface area contributed by atoms with Gasteiger partial charge < -0.3 is 0 Å². The van der Waals surface area contributed by atoms with Crippen molar-refractivity contribution in [3.8, 4) is 0 Å². The lowest BCUT2D eigenvalue weighted by molar-refractivity contribution is 0.0950. The Balaban J connectivity index is 1.81. The monoisotopic (exact) mass is 348 g/mol. The highest BCUT2D eigenvalue weighted by Gasteiger charge is 2.13. The molecule has 6 heteroatoms. The van der Waals surface area contributed by atoms with Crippen LogP contribution >= 0.6 is 0 Å². The summed E-state index contributed by atoms with van der Waals surface area (Å²) in [7, 11) is 0. The van der Waals surface area contributed by atoms with Crippen molar-refractivity contribution in [2.24, 2.45) is 5.10 Å². The van der Waals surface area contributed by atoms with Crippen LogP contribution in [0.3, 0.4) is 0 Å². The van der Waals surface area contributed by atoms with Crippen LogP contribution in [0.2, 0.25) is 0 Å². The number of aryl methyl sites for hydroxylation is 1. The Kier molecular flexibility index (Phi) is 5.22. The van der Waals surface area contributed by atoms with E-state index in [0.29, 0.717) is 16.5 Å². The lowest BCUT2D eigenvalue weighted by Crippen LogP contribution is -2.23. The van der Waals surface area contributed by atoms with Crippen molar-refractivity contribution >= 4 is 22.4 Å². The number of carbonyl (C=O) groups is 1. The minimum absolute atomic E-state index is 0.134. The number of nitrogens with one attached hydrogen (secondary N) is 2. The van der Waals surface area contributed by atoms with Gasteiger partial charge in [0.05, 0.1) is 11.1 Å². The van der Waals surface area contributed by atoms with Gasteiger partial charge >= 0.3 is 0 Å². The Morgan fingerprint density at radius 1 is 1.12 bits per heavy atom. The van der Waals surface area contributed by atoms with Gasteiger partial charge in [0.25, 0.3) is 11.5 Å². The van der Waals surface area contributed by atoms with E-state index in [2.05, 4.69) is 39.8 Å². The molecule has 3 aromatic rings. The molecule has 1 aromatic heterocycles. The normalized spacial score (nSPS) is 11.5. The molecule has 0 unspecified atom stereocenters. The number of hydrogen-bond acceptors (Lipinski definition) is 4. The van der Waals surface area contributed by atoms with Crippen LogP contribution in [0.4, 0.5) is 0 Å². The summed E-state index contributed by atoms with van der Waals surface area (Å²) in [4.78, 5) is 24.2. The average molecular weight is 348 g/mol. The van der Waals surface area contributed by atoms with Gasteiger partial charge in [-0.25, -0.2) is 10.5 Å². The summed E-state index contributed by atoms with van der Waals surface area (Å²) in [6.45, 7) is 3.97. The maximum Gasteiger partial charge on any atom is 0.292 e. The van der Waals surface area contributed by atoms with Crippen LogP contribution in [-0.4, -0.2) is 21.8 Å². The molecule has 0 bridgehead atoms. The van der Waals surface area contributed by atoms with Crippen molar-refractivity contribution in [2.45, 2.75) is 26.7 Å². The lowest BCUT2D eigenvalue weighted by atomic mass is 10.1. The molecule has 2 N–H and O–H groups in total. The average Bonchev–Trinajstić information content (AvgIpc) is 2.67. The molecule has 0 aliphatic heterocycles. The molecule has 0 aliphatic rings. The Morgan fingerprint density at radius 3 is 2.50 bits per heavy atom. The minimum Gasteiger partial charge on any atom is -0.267 e. The van der Waals surface area contributed by atoms with Gasteiger partial charge in [-0.3, -0.25) is 9.59 Å². The Bertz CT molecular complexity index is 1020. The Labute approximate surface area is 151 Å². The second-order valence-corrected chi connectivity index (χ2v) is 6.03. The maximum absolute atomic E-state index is 12.4. The van der Waals surface area contributed by atoms with Crippen molar-refractivity contribution in [3.63, 3.8) is 0 Å². The quantitative estimate of drug-likeness (QED) is 0.549. The third kappa shape index (κ3) is 3.69. The molecule has 1 heterocycles. The summed E-state index contributed by atoms with van der Waals surface area (Å²) in [6.07, 6.45) is 2.14. The third-order valence-corrected chi connectivity index (χ3v) is 4.15. The van der Waals surface area contributed by atoms with E-state index in [-0.39, 0.29) is 11.3 Å². The number of aromatic nitrogens is 2. The second-order valence-electron chi connectivity index (χ2n) is 6.03. The van der Waals surface area contributed by atoms with Crippen molar-refractivity contribution in [1.29, 1.82) is 0 Å². The van der Waals surface area contributed by atoms with Crippen LogP contribution in [0.1, 0.15) is 41.9 Å². The first-order chi connectivity index (χ1) is 12.6. The van der Waals surface area contributed by atoms with Gasteiger partial charge in [0, 0.05) is 5.39 Å². The number of benzene rings is 2. The van der Waals surface area contributed by atoms with Crippen LogP contribution in [0.25, 0.3) is 10.8 Å². The Hall–Kier alpha value is -3.28. The first kappa shape index (κ1) is 17.5. The number of nitrogens with zero attached hydrogens (tertiary/aromatic N) is 2. The fraction of sp³-hybridized carbons (Fsp3) is 0.200. The van der Waals surface area contributed by atoms with Crippen LogP contribution in [0.5, 0.6) is 0 Å². The molecule has 0 aliphatic carbocycles. The zero-order valence-corrected chi connectivity index (χ0v) is 14.7. The molecule has 0 saturated carbocycles. The van der Waals surface area contributed by atoms with Gasteiger partial charge in [-0.2, -0.15) is 10.2 Å². The number of rotatable bonds is 5. The van der Waals surface area contributed by atoms with Gasteiger partial charge in [-0.05, 0) is 30.5 Å². The van der Waals surface area contributed by atoms with E-state index < -0.39 is 5.91 Å². The van der Waals surface area contributed by atoms with E-state index in [1.807, 2.05) is 19.1 Å². The SMILES string of the molecule is CCCc1ccc(/C(C)=N\NC(=O)c2n[nH]c(=O)c3ccccc23)cc1. The van der Waals surface area contributed by atoms with E-state index in [0.717, 1.165) is 18.4 Å².